The van der Waals surface area contributed by atoms with Gasteiger partial charge in [0.1, 0.15) is 11.7 Å². The molecule has 0 aliphatic heterocycles. The third kappa shape index (κ3) is 1.28. The number of carboxylic acid groups (broad SMARTS) is 1. The summed E-state index contributed by atoms with van der Waals surface area (Å²) in [4.78, 5) is 10.2. The Labute approximate surface area is 60.8 Å². The second kappa shape index (κ2) is 2.72. The lowest BCUT2D eigenvalue weighted by atomic mass is 10.2. The van der Waals surface area contributed by atoms with E-state index in [1.807, 2.05) is 0 Å². The van der Waals surface area contributed by atoms with Crippen LogP contribution < -0.4 is 5.73 Å². The van der Waals surface area contributed by atoms with Gasteiger partial charge < -0.3 is 10.8 Å². The van der Waals surface area contributed by atoms with E-state index in [0.29, 0.717) is 5.69 Å². The third-order valence-corrected chi connectivity index (χ3v) is 1.46. The van der Waals surface area contributed by atoms with Crippen molar-refractivity contribution in [3.8, 4) is 0 Å². The predicted molar refractivity (Wildman–Crippen MR) is 34.5 cm³/mol. The maximum absolute atomic E-state index is 10.2. The van der Waals surface area contributed by atoms with Crippen LogP contribution in [0.2, 0.25) is 0 Å². The first-order valence-electron chi connectivity index (χ1n) is 2.47. The van der Waals surface area contributed by atoms with E-state index in [1.54, 1.807) is 0 Å². The number of hydrogen-bond donors (Lipinski definition) is 2. The van der Waals surface area contributed by atoms with E-state index in [9.17, 15) is 4.79 Å². The minimum absolute atomic E-state index is 0.303. The number of rotatable bonds is 2. The molecule has 1 aromatic rings. The second-order valence-corrected chi connectivity index (χ2v) is 2.20. The van der Waals surface area contributed by atoms with Crippen molar-refractivity contribution in [1.29, 1.82) is 0 Å². The van der Waals surface area contributed by atoms with Crippen LogP contribution in [0.15, 0.2) is 6.20 Å². The molecule has 0 bridgehead atoms. The van der Waals surface area contributed by atoms with Gasteiger partial charge in [-0.15, -0.1) is 0 Å². The van der Waals surface area contributed by atoms with Gasteiger partial charge in [-0.2, -0.15) is 8.75 Å². The molecule has 5 nitrogen and oxygen atoms in total. The van der Waals surface area contributed by atoms with Crippen molar-refractivity contribution in [2.24, 2.45) is 5.73 Å². The molecule has 1 rings (SSSR count). The Morgan fingerprint density at radius 2 is 2.60 bits per heavy atom. The summed E-state index contributed by atoms with van der Waals surface area (Å²) in [6, 6.07) is -1.04. The molecular formula is C4H5N3O2S. The van der Waals surface area contributed by atoms with E-state index < -0.39 is 12.0 Å². The lowest BCUT2D eigenvalue weighted by molar-refractivity contribution is -0.138. The van der Waals surface area contributed by atoms with Crippen molar-refractivity contribution in [3.05, 3.63) is 11.9 Å². The van der Waals surface area contributed by atoms with E-state index in [-0.39, 0.29) is 0 Å². The highest BCUT2D eigenvalue weighted by atomic mass is 32.1. The molecule has 0 fully saturated rings. The zero-order chi connectivity index (χ0) is 7.56. The Morgan fingerprint density at radius 1 is 1.90 bits per heavy atom. The highest BCUT2D eigenvalue weighted by Gasteiger charge is 2.15. The van der Waals surface area contributed by atoms with Gasteiger partial charge in [-0.3, -0.25) is 4.79 Å². The highest BCUT2D eigenvalue weighted by Crippen LogP contribution is 2.05. The summed E-state index contributed by atoms with van der Waals surface area (Å²) >= 11 is 0.942. The standard InChI is InChI=1S/C4H5N3O2S/c5-3(4(8)9)2-1-6-10-7-2/h1,3H,5H2,(H,8,9). The first-order valence-corrected chi connectivity index (χ1v) is 3.20. The molecule has 6 heteroatoms. The third-order valence-electron chi connectivity index (χ3n) is 0.963. The molecule has 1 atom stereocenters. The Bertz CT molecular complexity index is 222. The van der Waals surface area contributed by atoms with Crippen molar-refractivity contribution in [2.45, 2.75) is 6.04 Å². The van der Waals surface area contributed by atoms with Crippen LogP contribution in [-0.2, 0) is 4.79 Å². The van der Waals surface area contributed by atoms with Crippen LogP contribution in [0.1, 0.15) is 11.7 Å². The minimum atomic E-state index is -1.09. The molecule has 0 amide bonds. The van der Waals surface area contributed by atoms with E-state index in [0.717, 1.165) is 11.7 Å². The fourth-order valence-corrected chi connectivity index (χ4v) is 0.893. The first-order chi connectivity index (χ1) is 4.72. The Morgan fingerprint density at radius 3 is 3.00 bits per heavy atom. The van der Waals surface area contributed by atoms with Crippen LogP contribution in [0.3, 0.4) is 0 Å². The summed E-state index contributed by atoms with van der Waals surface area (Å²) in [5, 5.41) is 8.37. The molecule has 3 N–H and O–H groups in total. The lowest BCUT2D eigenvalue weighted by Crippen LogP contribution is -2.20. The highest BCUT2D eigenvalue weighted by molar-refractivity contribution is 6.99. The van der Waals surface area contributed by atoms with E-state index in [4.69, 9.17) is 10.8 Å². The molecule has 0 aliphatic rings. The Balaban J connectivity index is 2.77. The van der Waals surface area contributed by atoms with E-state index in [2.05, 4.69) is 8.75 Å². The summed E-state index contributed by atoms with van der Waals surface area (Å²) in [7, 11) is 0. The first kappa shape index (κ1) is 7.10. The molecule has 0 saturated carbocycles. The summed E-state index contributed by atoms with van der Waals surface area (Å²) in [5.74, 6) is -1.09. The predicted octanol–water partition coefficient (Wildman–Crippen LogP) is -0.377. The monoisotopic (exact) mass is 159 g/mol. The maximum atomic E-state index is 10.2. The molecule has 0 spiro atoms. The SMILES string of the molecule is NC(C(=O)O)c1cnsn1. The van der Waals surface area contributed by atoms with Crippen molar-refractivity contribution in [3.63, 3.8) is 0 Å². The van der Waals surface area contributed by atoms with Gasteiger partial charge >= 0.3 is 5.97 Å². The molecule has 1 aromatic heterocycles. The molecule has 0 aliphatic carbocycles. The lowest BCUT2D eigenvalue weighted by Gasteiger charge is -1.98. The molecule has 54 valence electrons. The number of carboxylic acids is 1. The largest absolute Gasteiger partial charge is 0.480 e. The van der Waals surface area contributed by atoms with Crippen molar-refractivity contribution in [2.75, 3.05) is 0 Å². The molecule has 0 radical (unpaired) electrons. The smallest absolute Gasteiger partial charge is 0.326 e. The van der Waals surface area contributed by atoms with Gasteiger partial charge in [0.25, 0.3) is 0 Å². The van der Waals surface area contributed by atoms with Gasteiger partial charge in [-0.25, -0.2) is 0 Å². The number of aliphatic carboxylic acids is 1. The zero-order valence-corrected chi connectivity index (χ0v) is 5.71. The van der Waals surface area contributed by atoms with Crippen LogP contribution >= 0.6 is 11.7 Å². The molecule has 10 heavy (non-hydrogen) atoms. The van der Waals surface area contributed by atoms with E-state index in [1.165, 1.54) is 6.20 Å². The molecule has 0 saturated heterocycles. The van der Waals surface area contributed by atoms with Gasteiger partial charge in [0.05, 0.1) is 17.9 Å². The number of carbonyl (C=O) groups is 1. The fourth-order valence-electron chi connectivity index (χ4n) is 0.435. The molecule has 1 heterocycles. The van der Waals surface area contributed by atoms with Gasteiger partial charge in [-0.05, 0) is 0 Å². The topological polar surface area (TPSA) is 89.1 Å². The minimum Gasteiger partial charge on any atom is -0.480 e. The number of nitrogens with zero attached hydrogens (tertiary/aromatic N) is 2. The van der Waals surface area contributed by atoms with Gasteiger partial charge in [0.2, 0.25) is 0 Å². The van der Waals surface area contributed by atoms with Gasteiger partial charge in [-0.1, -0.05) is 0 Å². The number of aromatic nitrogens is 2. The summed E-state index contributed by atoms with van der Waals surface area (Å²) in [6.45, 7) is 0. The summed E-state index contributed by atoms with van der Waals surface area (Å²) in [6.07, 6.45) is 1.35. The summed E-state index contributed by atoms with van der Waals surface area (Å²) in [5.41, 5.74) is 5.49. The van der Waals surface area contributed by atoms with Gasteiger partial charge in [0, 0.05) is 0 Å². The summed E-state index contributed by atoms with van der Waals surface area (Å²) < 4.78 is 7.28. The van der Waals surface area contributed by atoms with Crippen LogP contribution in [-0.4, -0.2) is 19.8 Å². The average molecular weight is 159 g/mol. The van der Waals surface area contributed by atoms with Crippen molar-refractivity contribution >= 4 is 17.7 Å². The van der Waals surface area contributed by atoms with Crippen molar-refractivity contribution in [1.82, 2.24) is 8.75 Å². The molecule has 1 unspecified atom stereocenters. The number of nitrogens with two attached hydrogens (primary N) is 1. The zero-order valence-electron chi connectivity index (χ0n) is 4.89. The Hall–Kier alpha value is -1.01. The maximum Gasteiger partial charge on any atom is 0.326 e. The van der Waals surface area contributed by atoms with Crippen LogP contribution in [0, 0.1) is 0 Å². The second-order valence-electron chi connectivity index (χ2n) is 1.65. The fraction of sp³-hybridized carbons (Fsp3) is 0.250. The number of hydrogen-bond acceptors (Lipinski definition) is 5. The molecule has 0 aromatic carbocycles. The van der Waals surface area contributed by atoms with E-state index >= 15 is 0 Å². The normalized spacial score (nSPS) is 12.9. The van der Waals surface area contributed by atoms with Crippen LogP contribution in [0.25, 0.3) is 0 Å². The average Bonchev–Trinajstić information content (AvgIpc) is 2.36. The quantitative estimate of drug-likeness (QED) is 0.614. The Kier molecular flexibility index (Phi) is 1.93. The van der Waals surface area contributed by atoms with Crippen LogP contribution in [0.4, 0.5) is 0 Å². The van der Waals surface area contributed by atoms with Crippen molar-refractivity contribution < 1.29 is 9.90 Å². The van der Waals surface area contributed by atoms with Gasteiger partial charge in [0.15, 0.2) is 0 Å². The van der Waals surface area contributed by atoms with Crippen LogP contribution in [0.5, 0.6) is 0 Å². The molecular weight excluding hydrogens is 154 g/mol.